The van der Waals surface area contributed by atoms with E-state index in [9.17, 15) is 0 Å². The van der Waals surface area contributed by atoms with E-state index < -0.39 is 0 Å². The Balaban J connectivity index is 1.56. The van der Waals surface area contributed by atoms with Gasteiger partial charge in [0.25, 0.3) is 0 Å². The summed E-state index contributed by atoms with van der Waals surface area (Å²) < 4.78 is 5.82. The van der Waals surface area contributed by atoms with Gasteiger partial charge in [0.2, 0.25) is 0 Å². The predicted octanol–water partition coefficient (Wildman–Crippen LogP) is 3.30. The van der Waals surface area contributed by atoms with E-state index in [4.69, 9.17) is 27.9 Å². The van der Waals surface area contributed by atoms with Crippen LogP contribution < -0.4 is 10.1 Å². The Kier molecular flexibility index (Phi) is 4.95. The predicted molar refractivity (Wildman–Crippen MR) is 87.5 cm³/mol. The maximum atomic E-state index is 6.13. The van der Waals surface area contributed by atoms with Gasteiger partial charge in [-0.3, -0.25) is 4.90 Å². The van der Waals surface area contributed by atoms with Crippen LogP contribution in [0.15, 0.2) is 18.2 Å². The van der Waals surface area contributed by atoms with E-state index in [1.165, 1.54) is 13.0 Å². The lowest BCUT2D eigenvalue weighted by Gasteiger charge is -2.26. The largest absolute Gasteiger partial charge is 0.489 e. The van der Waals surface area contributed by atoms with E-state index >= 15 is 0 Å². The summed E-state index contributed by atoms with van der Waals surface area (Å²) in [5, 5.41) is 4.67. The van der Waals surface area contributed by atoms with Crippen LogP contribution in [-0.2, 0) is 0 Å². The SMILES string of the molecule is CCC1C2CNCC2CN1CCOc1c(Cl)cccc1Cl. The number of benzene rings is 1. The molecule has 0 aromatic heterocycles. The molecule has 2 saturated heterocycles. The third-order valence-electron chi connectivity index (χ3n) is 4.79. The molecular weight excluding hydrogens is 307 g/mol. The summed E-state index contributed by atoms with van der Waals surface area (Å²) >= 11 is 12.3. The van der Waals surface area contributed by atoms with Crippen molar-refractivity contribution in [2.45, 2.75) is 19.4 Å². The fourth-order valence-electron chi connectivity index (χ4n) is 3.81. The van der Waals surface area contributed by atoms with Crippen LogP contribution in [0.1, 0.15) is 13.3 Å². The molecule has 1 aromatic rings. The number of para-hydroxylation sites is 1. The van der Waals surface area contributed by atoms with Gasteiger partial charge in [0.15, 0.2) is 5.75 Å². The van der Waals surface area contributed by atoms with Gasteiger partial charge in [-0.05, 0) is 43.5 Å². The van der Waals surface area contributed by atoms with Crippen molar-refractivity contribution in [2.75, 3.05) is 32.8 Å². The molecule has 0 bridgehead atoms. The summed E-state index contributed by atoms with van der Waals surface area (Å²) in [5.41, 5.74) is 0. The minimum atomic E-state index is 0.581. The molecule has 5 heteroatoms. The van der Waals surface area contributed by atoms with Crippen molar-refractivity contribution in [2.24, 2.45) is 11.8 Å². The quantitative estimate of drug-likeness (QED) is 0.897. The number of hydrogen-bond donors (Lipinski definition) is 1. The summed E-state index contributed by atoms with van der Waals surface area (Å²) in [6.45, 7) is 7.35. The minimum absolute atomic E-state index is 0.581. The lowest BCUT2D eigenvalue weighted by atomic mass is 9.93. The first-order valence-electron chi connectivity index (χ1n) is 7.72. The van der Waals surface area contributed by atoms with Gasteiger partial charge in [-0.15, -0.1) is 0 Å². The van der Waals surface area contributed by atoms with Crippen LogP contribution in [0.5, 0.6) is 5.75 Å². The van der Waals surface area contributed by atoms with E-state index in [0.717, 1.165) is 31.5 Å². The summed E-state index contributed by atoms with van der Waals surface area (Å²) in [6, 6.07) is 6.13. The Morgan fingerprint density at radius 3 is 2.76 bits per heavy atom. The molecule has 1 N–H and O–H groups in total. The number of fused-ring (bicyclic) bond motifs is 1. The number of ether oxygens (including phenoxy) is 1. The first kappa shape index (κ1) is 15.4. The fourth-order valence-corrected chi connectivity index (χ4v) is 4.32. The molecule has 21 heavy (non-hydrogen) atoms. The molecular formula is C16H22Cl2N2O. The molecule has 3 atom stereocenters. The van der Waals surface area contributed by atoms with E-state index in [0.29, 0.717) is 28.4 Å². The van der Waals surface area contributed by atoms with Crippen molar-refractivity contribution in [1.29, 1.82) is 0 Å². The van der Waals surface area contributed by atoms with Crippen LogP contribution in [0.4, 0.5) is 0 Å². The van der Waals surface area contributed by atoms with Crippen molar-refractivity contribution in [1.82, 2.24) is 10.2 Å². The van der Waals surface area contributed by atoms with Crippen LogP contribution in [0.2, 0.25) is 10.0 Å². The average Bonchev–Trinajstić information content (AvgIpc) is 3.02. The highest BCUT2D eigenvalue weighted by molar-refractivity contribution is 6.37. The number of rotatable bonds is 5. The third kappa shape index (κ3) is 3.16. The van der Waals surface area contributed by atoms with Crippen LogP contribution in [-0.4, -0.2) is 43.7 Å². The topological polar surface area (TPSA) is 24.5 Å². The highest BCUT2D eigenvalue weighted by Gasteiger charge is 2.42. The highest BCUT2D eigenvalue weighted by atomic mass is 35.5. The molecule has 2 fully saturated rings. The molecule has 0 spiro atoms. The zero-order valence-electron chi connectivity index (χ0n) is 12.3. The minimum Gasteiger partial charge on any atom is -0.489 e. The molecule has 3 unspecified atom stereocenters. The van der Waals surface area contributed by atoms with E-state index in [1.807, 2.05) is 18.2 Å². The number of hydrogen-bond acceptors (Lipinski definition) is 3. The van der Waals surface area contributed by atoms with Crippen molar-refractivity contribution in [3.63, 3.8) is 0 Å². The lowest BCUT2D eigenvalue weighted by molar-refractivity contribution is 0.176. The molecule has 2 aliphatic heterocycles. The van der Waals surface area contributed by atoms with Crippen LogP contribution in [0.25, 0.3) is 0 Å². The second-order valence-corrected chi connectivity index (χ2v) is 6.77. The van der Waals surface area contributed by atoms with Crippen molar-refractivity contribution in [3.8, 4) is 5.75 Å². The fraction of sp³-hybridized carbons (Fsp3) is 0.625. The molecule has 2 aliphatic rings. The van der Waals surface area contributed by atoms with E-state index in [2.05, 4.69) is 17.1 Å². The van der Waals surface area contributed by atoms with E-state index in [-0.39, 0.29) is 0 Å². The Morgan fingerprint density at radius 1 is 1.29 bits per heavy atom. The van der Waals surface area contributed by atoms with Gasteiger partial charge < -0.3 is 10.1 Å². The third-order valence-corrected chi connectivity index (χ3v) is 5.38. The zero-order chi connectivity index (χ0) is 14.8. The zero-order valence-corrected chi connectivity index (χ0v) is 13.8. The van der Waals surface area contributed by atoms with Gasteiger partial charge in [-0.25, -0.2) is 0 Å². The van der Waals surface area contributed by atoms with Crippen molar-refractivity contribution in [3.05, 3.63) is 28.2 Å². The van der Waals surface area contributed by atoms with Gasteiger partial charge >= 0.3 is 0 Å². The summed E-state index contributed by atoms with van der Waals surface area (Å²) in [4.78, 5) is 2.57. The molecule has 3 rings (SSSR count). The monoisotopic (exact) mass is 328 g/mol. The molecule has 0 saturated carbocycles. The smallest absolute Gasteiger partial charge is 0.156 e. The molecule has 2 heterocycles. The Labute approximate surface area is 136 Å². The standard InChI is InChI=1S/C16H22Cl2N2O/c1-2-15-12-9-19-8-11(12)10-20(15)6-7-21-16-13(17)4-3-5-14(16)18/h3-5,11-12,15,19H,2,6-10H2,1H3. The summed E-state index contributed by atoms with van der Waals surface area (Å²) in [6.07, 6.45) is 1.20. The highest BCUT2D eigenvalue weighted by Crippen LogP contribution is 2.35. The first-order chi connectivity index (χ1) is 10.2. The maximum absolute atomic E-state index is 6.13. The molecule has 1 aromatic carbocycles. The number of nitrogens with zero attached hydrogens (tertiary/aromatic N) is 1. The van der Waals surface area contributed by atoms with Crippen molar-refractivity contribution < 1.29 is 4.74 Å². The van der Waals surface area contributed by atoms with Gasteiger partial charge in [-0.2, -0.15) is 0 Å². The molecule has 0 amide bonds. The number of nitrogens with one attached hydrogen (secondary N) is 1. The summed E-state index contributed by atoms with van der Waals surface area (Å²) in [5.74, 6) is 2.22. The van der Waals surface area contributed by atoms with Gasteiger partial charge in [0.05, 0.1) is 10.0 Å². The molecule has 0 aliphatic carbocycles. The van der Waals surface area contributed by atoms with Crippen LogP contribution in [0, 0.1) is 11.8 Å². The second kappa shape index (κ2) is 6.74. The van der Waals surface area contributed by atoms with Crippen molar-refractivity contribution >= 4 is 23.2 Å². The number of halogens is 2. The Morgan fingerprint density at radius 2 is 2.05 bits per heavy atom. The Bertz CT molecular complexity index is 477. The Hall–Kier alpha value is -0.480. The van der Waals surface area contributed by atoms with E-state index in [1.54, 1.807) is 0 Å². The van der Waals surface area contributed by atoms with Crippen LogP contribution >= 0.6 is 23.2 Å². The normalized spacial score (nSPS) is 28.8. The molecule has 0 radical (unpaired) electrons. The van der Waals surface area contributed by atoms with Crippen LogP contribution in [0.3, 0.4) is 0 Å². The second-order valence-electron chi connectivity index (χ2n) is 5.95. The maximum Gasteiger partial charge on any atom is 0.156 e. The molecule has 3 nitrogen and oxygen atoms in total. The van der Waals surface area contributed by atoms with Gasteiger partial charge in [-0.1, -0.05) is 36.2 Å². The van der Waals surface area contributed by atoms with Gasteiger partial charge in [0, 0.05) is 19.1 Å². The summed E-state index contributed by atoms with van der Waals surface area (Å²) in [7, 11) is 0. The van der Waals surface area contributed by atoms with Gasteiger partial charge in [0.1, 0.15) is 6.61 Å². The lowest BCUT2D eigenvalue weighted by Crippen LogP contribution is -2.37. The number of likely N-dealkylation sites (tertiary alicyclic amines) is 1. The average molecular weight is 329 g/mol. The first-order valence-corrected chi connectivity index (χ1v) is 8.48. The molecule has 116 valence electrons.